The molecule has 0 saturated heterocycles. The molecule has 16 heavy (non-hydrogen) atoms. The third-order valence-corrected chi connectivity index (χ3v) is 1.75. The number of esters is 1. The molecule has 2 heterocycles. The number of carbonyl (C=O) groups excluding carboxylic acids is 1. The highest BCUT2D eigenvalue weighted by atomic mass is 16.5. The standard InChI is InChI=1S/C9H9N5O2/c1-2-16-9(15)8-12-7(13-14-8)6-5-10-3-4-11-6/h3-5H,2H2,1H3,(H,12,13,14). The fourth-order valence-corrected chi connectivity index (χ4v) is 1.08. The van der Waals surface area contributed by atoms with E-state index in [0.29, 0.717) is 18.1 Å². The number of nitrogens with zero attached hydrogens (tertiary/aromatic N) is 4. The number of hydrogen-bond donors (Lipinski definition) is 1. The van der Waals surface area contributed by atoms with Gasteiger partial charge in [0.25, 0.3) is 0 Å². The van der Waals surface area contributed by atoms with Crippen LogP contribution in [0.4, 0.5) is 0 Å². The van der Waals surface area contributed by atoms with Crippen LogP contribution in [0.25, 0.3) is 11.5 Å². The summed E-state index contributed by atoms with van der Waals surface area (Å²) in [5.74, 6) is -0.163. The normalized spacial score (nSPS) is 10.1. The molecule has 2 rings (SSSR count). The molecule has 0 saturated carbocycles. The number of aromatic nitrogens is 5. The van der Waals surface area contributed by atoms with Crippen molar-refractivity contribution in [3.05, 3.63) is 24.4 Å². The van der Waals surface area contributed by atoms with Crippen LogP contribution < -0.4 is 0 Å². The quantitative estimate of drug-likeness (QED) is 0.752. The lowest BCUT2D eigenvalue weighted by Gasteiger charge is -1.95. The molecule has 0 aliphatic heterocycles. The van der Waals surface area contributed by atoms with Crippen molar-refractivity contribution in [1.82, 2.24) is 25.1 Å². The molecule has 0 fully saturated rings. The molecule has 0 unspecified atom stereocenters. The minimum Gasteiger partial charge on any atom is -0.460 e. The SMILES string of the molecule is CCOC(=O)c1nc(-c2cnccn2)n[nH]1. The molecule has 0 bridgehead atoms. The Morgan fingerprint density at radius 1 is 1.50 bits per heavy atom. The van der Waals surface area contributed by atoms with Crippen molar-refractivity contribution < 1.29 is 9.53 Å². The first-order valence-corrected chi connectivity index (χ1v) is 4.67. The van der Waals surface area contributed by atoms with Gasteiger partial charge in [-0.2, -0.15) is 10.1 Å². The van der Waals surface area contributed by atoms with E-state index in [1.807, 2.05) is 0 Å². The van der Waals surface area contributed by atoms with E-state index < -0.39 is 5.97 Å². The maximum atomic E-state index is 11.3. The summed E-state index contributed by atoms with van der Waals surface area (Å²) in [5, 5.41) is 6.34. The summed E-state index contributed by atoms with van der Waals surface area (Å²) in [4.78, 5) is 23.1. The van der Waals surface area contributed by atoms with E-state index in [-0.39, 0.29) is 5.82 Å². The van der Waals surface area contributed by atoms with Crippen molar-refractivity contribution in [2.24, 2.45) is 0 Å². The second-order valence-electron chi connectivity index (χ2n) is 2.82. The smallest absolute Gasteiger partial charge is 0.375 e. The van der Waals surface area contributed by atoms with Crippen LogP contribution in [0, 0.1) is 0 Å². The van der Waals surface area contributed by atoms with Gasteiger partial charge in [0.2, 0.25) is 11.6 Å². The molecule has 0 radical (unpaired) electrons. The molecule has 82 valence electrons. The lowest BCUT2D eigenvalue weighted by molar-refractivity contribution is 0.0512. The van der Waals surface area contributed by atoms with Crippen molar-refractivity contribution in [2.45, 2.75) is 6.92 Å². The molecule has 7 heteroatoms. The van der Waals surface area contributed by atoms with Gasteiger partial charge >= 0.3 is 5.97 Å². The van der Waals surface area contributed by atoms with Crippen LogP contribution in [-0.4, -0.2) is 37.7 Å². The maximum absolute atomic E-state index is 11.3. The van der Waals surface area contributed by atoms with E-state index in [1.54, 1.807) is 13.1 Å². The topological polar surface area (TPSA) is 93.7 Å². The largest absolute Gasteiger partial charge is 0.460 e. The van der Waals surface area contributed by atoms with Crippen LogP contribution >= 0.6 is 0 Å². The zero-order chi connectivity index (χ0) is 11.4. The molecule has 2 aromatic rings. The molecule has 2 aromatic heterocycles. The average Bonchev–Trinajstić information content (AvgIpc) is 2.80. The van der Waals surface area contributed by atoms with Crippen LogP contribution in [0.1, 0.15) is 17.5 Å². The Morgan fingerprint density at radius 2 is 2.38 bits per heavy atom. The Bertz CT molecular complexity index is 482. The molecule has 0 aromatic carbocycles. The summed E-state index contributed by atoms with van der Waals surface area (Å²) in [6.07, 6.45) is 4.58. The van der Waals surface area contributed by atoms with Crippen molar-refractivity contribution in [2.75, 3.05) is 6.61 Å². The van der Waals surface area contributed by atoms with E-state index >= 15 is 0 Å². The van der Waals surface area contributed by atoms with Crippen molar-refractivity contribution >= 4 is 5.97 Å². The minimum atomic E-state index is -0.537. The number of hydrogen-bond acceptors (Lipinski definition) is 6. The summed E-state index contributed by atoms with van der Waals surface area (Å²) >= 11 is 0. The van der Waals surface area contributed by atoms with E-state index in [9.17, 15) is 4.79 Å². The molecule has 0 amide bonds. The van der Waals surface area contributed by atoms with Gasteiger partial charge in [-0.15, -0.1) is 0 Å². The Hall–Kier alpha value is -2.31. The Kier molecular flexibility index (Phi) is 2.86. The van der Waals surface area contributed by atoms with Gasteiger partial charge < -0.3 is 4.74 Å². The van der Waals surface area contributed by atoms with Gasteiger partial charge in [-0.3, -0.25) is 10.1 Å². The number of aromatic amines is 1. The molecular weight excluding hydrogens is 210 g/mol. The van der Waals surface area contributed by atoms with Crippen molar-refractivity contribution in [3.63, 3.8) is 0 Å². The van der Waals surface area contributed by atoms with Crippen LogP contribution in [-0.2, 0) is 4.74 Å². The summed E-state index contributed by atoms with van der Waals surface area (Å²) < 4.78 is 4.77. The second-order valence-corrected chi connectivity index (χ2v) is 2.82. The van der Waals surface area contributed by atoms with Crippen LogP contribution in [0.5, 0.6) is 0 Å². The number of rotatable bonds is 3. The predicted octanol–water partition coefficient (Wildman–Crippen LogP) is 0.438. The van der Waals surface area contributed by atoms with Gasteiger partial charge in [-0.05, 0) is 6.92 Å². The monoisotopic (exact) mass is 219 g/mol. The van der Waals surface area contributed by atoms with Gasteiger partial charge in [0, 0.05) is 12.4 Å². The van der Waals surface area contributed by atoms with Crippen molar-refractivity contribution in [3.8, 4) is 11.5 Å². The summed E-state index contributed by atoms with van der Waals surface area (Å²) in [7, 11) is 0. The highest BCUT2D eigenvalue weighted by molar-refractivity contribution is 5.85. The van der Waals surface area contributed by atoms with Crippen LogP contribution in [0.15, 0.2) is 18.6 Å². The second kappa shape index (κ2) is 4.47. The highest BCUT2D eigenvalue weighted by Crippen LogP contribution is 2.08. The van der Waals surface area contributed by atoms with Gasteiger partial charge in [0.1, 0.15) is 5.69 Å². The van der Waals surface area contributed by atoms with Gasteiger partial charge in [-0.1, -0.05) is 0 Å². The molecule has 1 N–H and O–H groups in total. The number of ether oxygens (including phenoxy) is 1. The molecule has 0 aliphatic rings. The van der Waals surface area contributed by atoms with Gasteiger partial charge in [0.05, 0.1) is 12.8 Å². The third-order valence-electron chi connectivity index (χ3n) is 1.75. The molecule has 0 aliphatic carbocycles. The van der Waals surface area contributed by atoms with Crippen molar-refractivity contribution in [1.29, 1.82) is 0 Å². The molecule has 0 atom stereocenters. The zero-order valence-electron chi connectivity index (χ0n) is 8.54. The molecule has 7 nitrogen and oxygen atoms in total. The van der Waals surface area contributed by atoms with E-state index in [2.05, 4.69) is 25.1 Å². The lowest BCUT2D eigenvalue weighted by Crippen LogP contribution is -2.06. The van der Waals surface area contributed by atoms with Crippen LogP contribution in [0.2, 0.25) is 0 Å². The Morgan fingerprint density at radius 3 is 3.06 bits per heavy atom. The number of nitrogens with one attached hydrogen (secondary N) is 1. The average molecular weight is 219 g/mol. The Balaban J connectivity index is 2.23. The Labute approximate surface area is 90.9 Å². The highest BCUT2D eigenvalue weighted by Gasteiger charge is 2.14. The fraction of sp³-hybridized carbons (Fsp3) is 0.222. The summed E-state index contributed by atoms with van der Waals surface area (Å²) in [5.41, 5.74) is 0.495. The number of carbonyl (C=O) groups is 1. The first-order valence-electron chi connectivity index (χ1n) is 4.67. The predicted molar refractivity (Wildman–Crippen MR) is 53.4 cm³/mol. The first-order chi connectivity index (χ1) is 7.81. The van der Waals surface area contributed by atoms with Crippen LogP contribution in [0.3, 0.4) is 0 Å². The zero-order valence-corrected chi connectivity index (χ0v) is 8.54. The van der Waals surface area contributed by atoms with E-state index in [0.717, 1.165) is 0 Å². The van der Waals surface area contributed by atoms with E-state index in [1.165, 1.54) is 12.4 Å². The fourth-order valence-electron chi connectivity index (χ4n) is 1.08. The minimum absolute atomic E-state index is 0.0579. The third kappa shape index (κ3) is 2.02. The summed E-state index contributed by atoms with van der Waals surface area (Å²) in [6, 6.07) is 0. The van der Waals surface area contributed by atoms with Gasteiger partial charge in [-0.25, -0.2) is 9.78 Å². The maximum Gasteiger partial charge on any atom is 0.375 e. The molecule has 0 spiro atoms. The lowest BCUT2D eigenvalue weighted by atomic mass is 10.4. The van der Waals surface area contributed by atoms with Gasteiger partial charge in [0.15, 0.2) is 0 Å². The molecular formula is C9H9N5O2. The number of H-pyrrole nitrogens is 1. The van der Waals surface area contributed by atoms with E-state index in [4.69, 9.17) is 4.74 Å². The first kappa shape index (κ1) is 10.2. The summed E-state index contributed by atoms with van der Waals surface area (Å²) in [6.45, 7) is 2.01.